The van der Waals surface area contributed by atoms with E-state index in [1.165, 1.54) is 0 Å². The van der Waals surface area contributed by atoms with Gasteiger partial charge >= 0.3 is 0 Å². The standard InChI is InChI=1S/C16H26N4O2/c1-20(2)15(21)13-19-16(17-10-7-11-22-3)18-12-14-8-5-4-6-9-14/h4-6,8-9H,7,10-13H2,1-3H3,(H2,17,18,19). The number of ether oxygens (including phenoxy) is 1. The zero-order chi connectivity index (χ0) is 16.2. The fourth-order valence-electron chi connectivity index (χ4n) is 1.67. The minimum atomic E-state index is 0.00565. The highest BCUT2D eigenvalue weighted by Gasteiger charge is 2.05. The summed E-state index contributed by atoms with van der Waals surface area (Å²) in [4.78, 5) is 17.7. The Balaban J connectivity index is 2.54. The number of methoxy groups -OCH3 is 1. The van der Waals surface area contributed by atoms with Gasteiger partial charge in [-0.25, -0.2) is 4.99 Å². The molecule has 0 saturated heterocycles. The monoisotopic (exact) mass is 306 g/mol. The maximum atomic E-state index is 11.7. The molecule has 1 amide bonds. The number of carbonyl (C=O) groups is 1. The van der Waals surface area contributed by atoms with E-state index in [2.05, 4.69) is 15.6 Å². The maximum Gasteiger partial charge on any atom is 0.241 e. The molecule has 0 saturated carbocycles. The van der Waals surface area contributed by atoms with Gasteiger partial charge in [0.2, 0.25) is 5.91 Å². The molecule has 0 aromatic heterocycles. The van der Waals surface area contributed by atoms with Gasteiger partial charge in [-0.2, -0.15) is 0 Å². The molecule has 6 heteroatoms. The number of benzene rings is 1. The molecule has 0 radical (unpaired) electrons. The summed E-state index contributed by atoms with van der Waals surface area (Å²) in [6.45, 7) is 2.22. The van der Waals surface area contributed by atoms with Crippen LogP contribution in [0.15, 0.2) is 35.3 Å². The highest BCUT2D eigenvalue weighted by atomic mass is 16.5. The highest BCUT2D eigenvalue weighted by molar-refractivity contribution is 5.86. The molecule has 122 valence electrons. The third kappa shape index (κ3) is 7.64. The first-order valence-corrected chi connectivity index (χ1v) is 7.38. The number of rotatable bonds is 8. The lowest BCUT2D eigenvalue weighted by atomic mass is 10.2. The van der Waals surface area contributed by atoms with Gasteiger partial charge in [-0.3, -0.25) is 4.79 Å². The van der Waals surface area contributed by atoms with Crippen LogP contribution >= 0.6 is 0 Å². The molecule has 0 spiro atoms. The lowest BCUT2D eigenvalue weighted by Gasteiger charge is -2.15. The average Bonchev–Trinajstić information content (AvgIpc) is 2.53. The Morgan fingerprint density at radius 3 is 2.59 bits per heavy atom. The first-order chi connectivity index (χ1) is 10.6. The number of guanidine groups is 1. The Hall–Kier alpha value is -2.08. The first-order valence-electron chi connectivity index (χ1n) is 7.38. The number of likely N-dealkylation sites (N-methyl/N-ethyl adjacent to an activating group) is 1. The SMILES string of the molecule is COCCCNC(=NCc1ccccc1)NCC(=O)N(C)C. The molecule has 0 aliphatic carbocycles. The topological polar surface area (TPSA) is 66.0 Å². The van der Waals surface area contributed by atoms with Gasteiger partial charge in [-0.1, -0.05) is 30.3 Å². The predicted molar refractivity (Wildman–Crippen MR) is 88.8 cm³/mol. The fraction of sp³-hybridized carbons (Fsp3) is 0.500. The third-order valence-electron chi connectivity index (χ3n) is 2.99. The van der Waals surface area contributed by atoms with Crippen LogP contribution in [-0.4, -0.2) is 57.7 Å². The quantitative estimate of drug-likeness (QED) is 0.424. The van der Waals surface area contributed by atoms with E-state index in [0.717, 1.165) is 18.5 Å². The third-order valence-corrected chi connectivity index (χ3v) is 2.99. The van der Waals surface area contributed by atoms with Gasteiger partial charge in [0.1, 0.15) is 0 Å². The fourth-order valence-corrected chi connectivity index (χ4v) is 1.67. The van der Waals surface area contributed by atoms with Crippen LogP contribution in [0.3, 0.4) is 0 Å². The number of carbonyl (C=O) groups excluding carboxylic acids is 1. The van der Waals surface area contributed by atoms with Crippen molar-refractivity contribution in [1.82, 2.24) is 15.5 Å². The average molecular weight is 306 g/mol. The van der Waals surface area contributed by atoms with Gasteiger partial charge in [0.25, 0.3) is 0 Å². The van der Waals surface area contributed by atoms with E-state index in [0.29, 0.717) is 19.1 Å². The van der Waals surface area contributed by atoms with Crippen molar-refractivity contribution < 1.29 is 9.53 Å². The normalized spacial score (nSPS) is 11.1. The molecule has 0 atom stereocenters. The summed E-state index contributed by atoms with van der Waals surface area (Å²) in [5.74, 6) is 0.640. The number of amides is 1. The second-order valence-electron chi connectivity index (χ2n) is 5.07. The zero-order valence-corrected chi connectivity index (χ0v) is 13.6. The molecule has 0 bridgehead atoms. The van der Waals surface area contributed by atoms with E-state index < -0.39 is 0 Å². The van der Waals surface area contributed by atoms with Crippen molar-refractivity contribution in [2.24, 2.45) is 4.99 Å². The number of nitrogens with zero attached hydrogens (tertiary/aromatic N) is 2. The van der Waals surface area contributed by atoms with Crippen molar-refractivity contribution in [2.45, 2.75) is 13.0 Å². The summed E-state index contributed by atoms with van der Waals surface area (Å²) in [5, 5.41) is 6.26. The molecule has 2 N–H and O–H groups in total. The lowest BCUT2D eigenvalue weighted by molar-refractivity contribution is -0.127. The molecule has 0 unspecified atom stereocenters. The maximum absolute atomic E-state index is 11.7. The van der Waals surface area contributed by atoms with E-state index in [1.54, 1.807) is 26.1 Å². The molecule has 0 fully saturated rings. The van der Waals surface area contributed by atoms with Crippen LogP contribution in [0.1, 0.15) is 12.0 Å². The van der Waals surface area contributed by atoms with Crippen LogP contribution in [0, 0.1) is 0 Å². The molecule has 6 nitrogen and oxygen atoms in total. The Labute approximate surface area is 132 Å². The van der Waals surface area contributed by atoms with Gasteiger partial charge in [0.15, 0.2) is 5.96 Å². The number of nitrogens with one attached hydrogen (secondary N) is 2. The van der Waals surface area contributed by atoms with Crippen molar-refractivity contribution in [3.8, 4) is 0 Å². The summed E-state index contributed by atoms with van der Waals surface area (Å²) in [6.07, 6.45) is 0.879. The second-order valence-corrected chi connectivity index (χ2v) is 5.07. The van der Waals surface area contributed by atoms with E-state index in [1.807, 2.05) is 30.3 Å². The van der Waals surface area contributed by atoms with E-state index >= 15 is 0 Å². The Kier molecular flexibility index (Phi) is 8.67. The van der Waals surface area contributed by atoms with E-state index in [-0.39, 0.29) is 12.5 Å². The van der Waals surface area contributed by atoms with Crippen molar-refractivity contribution in [2.75, 3.05) is 40.9 Å². The smallest absolute Gasteiger partial charge is 0.241 e. The van der Waals surface area contributed by atoms with Crippen LogP contribution < -0.4 is 10.6 Å². The predicted octanol–water partition coefficient (Wildman–Crippen LogP) is 0.847. The summed E-state index contributed by atoms with van der Waals surface area (Å²) in [6, 6.07) is 10.00. The molecule has 0 heterocycles. The summed E-state index contributed by atoms with van der Waals surface area (Å²) < 4.78 is 5.02. The van der Waals surface area contributed by atoms with Gasteiger partial charge < -0.3 is 20.3 Å². The van der Waals surface area contributed by atoms with Crippen LogP contribution in [0.2, 0.25) is 0 Å². The zero-order valence-electron chi connectivity index (χ0n) is 13.6. The Morgan fingerprint density at radius 2 is 1.95 bits per heavy atom. The molecular formula is C16H26N4O2. The second kappa shape index (κ2) is 10.6. The van der Waals surface area contributed by atoms with Gasteiger partial charge in [-0.15, -0.1) is 0 Å². The van der Waals surface area contributed by atoms with E-state index in [4.69, 9.17) is 4.74 Å². The minimum Gasteiger partial charge on any atom is -0.385 e. The van der Waals surface area contributed by atoms with Crippen molar-refractivity contribution >= 4 is 11.9 Å². The Morgan fingerprint density at radius 1 is 1.23 bits per heavy atom. The largest absolute Gasteiger partial charge is 0.385 e. The van der Waals surface area contributed by atoms with Crippen molar-refractivity contribution in [1.29, 1.82) is 0 Å². The Bertz CT molecular complexity index is 460. The molecule has 1 aromatic carbocycles. The van der Waals surface area contributed by atoms with Crippen molar-refractivity contribution in [3.63, 3.8) is 0 Å². The number of aliphatic imine (C=N–C) groups is 1. The molecule has 22 heavy (non-hydrogen) atoms. The lowest BCUT2D eigenvalue weighted by Crippen LogP contribution is -2.43. The van der Waals surface area contributed by atoms with Crippen LogP contribution in [-0.2, 0) is 16.1 Å². The summed E-state index contributed by atoms with van der Waals surface area (Å²) >= 11 is 0. The number of hydrogen-bond acceptors (Lipinski definition) is 3. The van der Waals surface area contributed by atoms with Crippen LogP contribution in [0.25, 0.3) is 0 Å². The van der Waals surface area contributed by atoms with E-state index in [9.17, 15) is 4.79 Å². The summed E-state index contributed by atoms with van der Waals surface area (Å²) in [7, 11) is 5.14. The first kappa shape index (κ1) is 18.0. The molecule has 0 aliphatic rings. The molecule has 0 aliphatic heterocycles. The van der Waals surface area contributed by atoms with Gasteiger partial charge in [0, 0.05) is 34.4 Å². The van der Waals surface area contributed by atoms with Crippen LogP contribution in [0.4, 0.5) is 0 Å². The molecular weight excluding hydrogens is 280 g/mol. The minimum absolute atomic E-state index is 0.00565. The number of hydrogen-bond donors (Lipinski definition) is 2. The summed E-state index contributed by atoms with van der Waals surface area (Å²) in [5.41, 5.74) is 1.12. The van der Waals surface area contributed by atoms with Gasteiger partial charge in [0.05, 0.1) is 13.1 Å². The van der Waals surface area contributed by atoms with Crippen LogP contribution in [0.5, 0.6) is 0 Å². The van der Waals surface area contributed by atoms with Crippen molar-refractivity contribution in [3.05, 3.63) is 35.9 Å². The molecule has 1 aromatic rings. The van der Waals surface area contributed by atoms with Gasteiger partial charge in [-0.05, 0) is 12.0 Å². The molecule has 1 rings (SSSR count). The highest BCUT2D eigenvalue weighted by Crippen LogP contribution is 1.99.